The number of alkyl halides is 3. The third-order valence-electron chi connectivity index (χ3n) is 6.88. The van der Waals surface area contributed by atoms with E-state index < -0.39 is 23.5 Å². The van der Waals surface area contributed by atoms with Crippen LogP contribution >= 0.6 is 0 Å². The van der Waals surface area contributed by atoms with Crippen LogP contribution in [0.15, 0.2) is 48.8 Å². The number of hydrogen-bond donors (Lipinski definition) is 3. The van der Waals surface area contributed by atoms with E-state index in [1.54, 1.807) is 13.2 Å². The Labute approximate surface area is 216 Å². The van der Waals surface area contributed by atoms with Crippen LogP contribution in [0.3, 0.4) is 0 Å². The summed E-state index contributed by atoms with van der Waals surface area (Å²) in [6, 6.07) is 8.37. The van der Waals surface area contributed by atoms with Crippen LogP contribution in [-0.2, 0) is 15.7 Å². The molecule has 38 heavy (non-hydrogen) atoms. The molecule has 11 heteroatoms. The molecule has 0 bridgehead atoms. The van der Waals surface area contributed by atoms with Gasteiger partial charge in [-0.1, -0.05) is 6.07 Å². The number of fused-ring (bicyclic) bond motifs is 1. The average molecular weight is 530 g/mol. The van der Waals surface area contributed by atoms with Crippen LogP contribution < -0.4 is 10.6 Å². The molecule has 2 aliphatic rings. The lowest BCUT2D eigenvalue weighted by Gasteiger charge is -2.32. The Bertz CT molecular complexity index is 1350. The van der Waals surface area contributed by atoms with Gasteiger partial charge < -0.3 is 25.3 Å². The summed E-state index contributed by atoms with van der Waals surface area (Å²) in [5, 5.41) is 6.35. The van der Waals surface area contributed by atoms with Gasteiger partial charge in [0.05, 0.1) is 17.7 Å². The van der Waals surface area contributed by atoms with E-state index in [-0.39, 0.29) is 28.6 Å². The average Bonchev–Trinajstić information content (AvgIpc) is 3.52. The Kier molecular flexibility index (Phi) is 7.22. The highest BCUT2D eigenvalue weighted by atomic mass is 19.4. The summed E-state index contributed by atoms with van der Waals surface area (Å²) >= 11 is 0. The summed E-state index contributed by atoms with van der Waals surface area (Å²) in [6.07, 6.45) is 0.0485. The molecule has 7 nitrogen and oxygen atoms in total. The Balaban J connectivity index is 1.49. The number of nitrogens with one attached hydrogen (secondary N) is 3. The quantitative estimate of drug-likeness (QED) is 0.297. The van der Waals surface area contributed by atoms with Crippen molar-refractivity contribution >= 4 is 28.4 Å². The van der Waals surface area contributed by atoms with Gasteiger partial charge in [0.1, 0.15) is 11.6 Å². The van der Waals surface area contributed by atoms with Gasteiger partial charge >= 0.3 is 6.18 Å². The van der Waals surface area contributed by atoms with Crippen molar-refractivity contribution in [2.24, 2.45) is 0 Å². The van der Waals surface area contributed by atoms with Crippen LogP contribution in [0.25, 0.3) is 11.1 Å². The highest BCUT2D eigenvalue weighted by molar-refractivity contribution is 6.38. The first kappa shape index (κ1) is 25.9. The van der Waals surface area contributed by atoms with Gasteiger partial charge in [0.2, 0.25) is 0 Å². The number of anilines is 2. The number of methoxy groups -OCH3 is 1. The molecule has 0 aliphatic carbocycles. The van der Waals surface area contributed by atoms with Crippen molar-refractivity contribution in [1.29, 1.82) is 0 Å². The van der Waals surface area contributed by atoms with Crippen LogP contribution in [0.1, 0.15) is 35.4 Å². The molecule has 1 saturated heterocycles. The normalized spacial score (nSPS) is 17.9. The fraction of sp³-hybridized carbons (Fsp3) is 0.333. The number of halogens is 4. The Morgan fingerprint density at radius 2 is 1.97 bits per heavy atom. The smallest absolute Gasteiger partial charge is 0.383 e. The molecule has 1 fully saturated rings. The molecular formula is C27H27F4N5O2. The highest BCUT2D eigenvalue weighted by Crippen LogP contribution is 2.41. The number of aromatic amines is 1. The second-order valence-electron chi connectivity index (χ2n) is 9.35. The molecule has 0 radical (unpaired) electrons. The van der Waals surface area contributed by atoms with Crippen molar-refractivity contribution in [1.82, 2.24) is 14.9 Å². The van der Waals surface area contributed by atoms with Gasteiger partial charge in [-0.25, -0.2) is 9.37 Å². The number of imidazole rings is 1. The number of carbonyl (C=O) groups excluding carboxylic acids is 1. The van der Waals surface area contributed by atoms with Gasteiger partial charge in [0.15, 0.2) is 0 Å². The van der Waals surface area contributed by atoms with E-state index in [2.05, 4.69) is 25.5 Å². The summed E-state index contributed by atoms with van der Waals surface area (Å²) in [4.78, 5) is 22.6. The van der Waals surface area contributed by atoms with Gasteiger partial charge in [-0.05, 0) is 48.7 Å². The van der Waals surface area contributed by atoms with Crippen molar-refractivity contribution in [2.75, 3.05) is 44.0 Å². The predicted molar refractivity (Wildman–Crippen MR) is 136 cm³/mol. The zero-order valence-corrected chi connectivity index (χ0v) is 20.7. The molecule has 3 N–H and O–H groups in total. The van der Waals surface area contributed by atoms with Crippen LogP contribution in [0.4, 0.5) is 28.9 Å². The summed E-state index contributed by atoms with van der Waals surface area (Å²) in [5.41, 5.74) is 1.07. The van der Waals surface area contributed by atoms with Crippen molar-refractivity contribution in [3.05, 3.63) is 77.1 Å². The molecule has 5 rings (SSSR count). The van der Waals surface area contributed by atoms with E-state index in [4.69, 9.17) is 4.74 Å². The molecule has 200 valence electrons. The highest BCUT2D eigenvalue weighted by Gasteiger charge is 2.35. The van der Waals surface area contributed by atoms with E-state index in [0.717, 1.165) is 50.3 Å². The Morgan fingerprint density at radius 3 is 2.63 bits per heavy atom. The number of benzene rings is 2. The standard InChI is InChI=1S/C27H27F4N5O2/c1-38-13-12-36-10-6-17(7-11-36)34-18-3-5-22-19(15-18)24(26(37)35-22)23(25-32-8-9-33-25)16-2-4-20(21(28)14-16)27(29,30)31/h2-5,8-9,14-15,17,34H,6-7,10-13H2,1H3,(H,32,33)(H,35,37). The number of ether oxygens (including phenoxy) is 1. The number of piperidine rings is 1. The largest absolute Gasteiger partial charge is 0.419 e. The molecule has 1 amide bonds. The number of rotatable bonds is 7. The first-order valence-corrected chi connectivity index (χ1v) is 12.3. The summed E-state index contributed by atoms with van der Waals surface area (Å²) in [6.45, 7) is 3.47. The maximum atomic E-state index is 14.6. The number of carbonyl (C=O) groups is 1. The van der Waals surface area contributed by atoms with Crippen LogP contribution in [0.5, 0.6) is 0 Å². The molecule has 3 aromatic rings. The topological polar surface area (TPSA) is 82.3 Å². The van der Waals surface area contributed by atoms with Gasteiger partial charge in [0.25, 0.3) is 5.91 Å². The van der Waals surface area contributed by atoms with Gasteiger partial charge in [-0.3, -0.25) is 4.79 Å². The van der Waals surface area contributed by atoms with Gasteiger partial charge in [0, 0.05) is 67.7 Å². The summed E-state index contributed by atoms with van der Waals surface area (Å²) in [5.74, 6) is -1.63. The summed E-state index contributed by atoms with van der Waals surface area (Å²) in [7, 11) is 1.69. The maximum Gasteiger partial charge on any atom is 0.419 e. The number of amides is 1. The van der Waals surface area contributed by atoms with E-state index >= 15 is 0 Å². The first-order chi connectivity index (χ1) is 18.2. The summed E-state index contributed by atoms with van der Waals surface area (Å²) < 4.78 is 59.3. The molecule has 2 aromatic carbocycles. The van der Waals surface area contributed by atoms with E-state index in [1.165, 1.54) is 12.4 Å². The minimum Gasteiger partial charge on any atom is -0.383 e. The second kappa shape index (κ2) is 10.6. The van der Waals surface area contributed by atoms with E-state index in [9.17, 15) is 22.4 Å². The molecule has 0 unspecified atom stereocenters. The molecule has 3 heterocycles. The minimum atomic E-state index is -4.83. The SMILES string of the molecule is COCCN1CCC(Nc2ccc3c(c2)C(=C(c2ccc(C(F)(F)F)c(F)c2)c2ncc[nH]2)C(=O)N3)CC1. The van der Waals surface area contributed by atoms with Crippen molar-refractivity contribution in [3.63, 3.8) is 0 Å². The second-order valence-corrected chi connectivity index (χ2v) is 9.35. The Morgan fingerprint density at radius 1 is 1.18 bits per heavy atom. The minimum absolute atomic E-state index is 0.102. The third kappa shape index (κ3) is 5.30. The first-order valence-electron chi connectivity index (χ1n) is 12.3. The fourth-order valence-corrected chi connectivity index (χ4v) is 4.96. The number of hydrogen-bond acceptors (Lipinski definition) is 5. The molecule has 0 atom stereocenters. The van der Waals surface area contributed by atoms with Crippen molar-refractivity contribution in [2.45, 2.75) is 25.1 Å². The molecule has 1 aromatic heterocycles. The monoisotopic (exact) mass is 529 g/mol. The van der Waals surface area contributed by atoms with Crippen LogP contribution in [-0.4, -0.2) is 60.2 Å². The van der Waals surface area contributed by atoms with E-state index in [1.807, 2.05) is 12.1 Å². The lowest BCUT2D eigenvalue weighted by Crippen LogP contribution is -2.40. The van der Waals surface area contributed by atoms with Crippen LogP contribution in [0.2, 0.25) is 0 Å². The molecule has 0 saturated carbocycles. The third-order valence-corrected chi connectivity index (χ3v) is 6.88. The van der Waals surface area contributed by atoms with Crippen LogP contribution in [0, 0.1) is 5.82 Å². The number of nitrogens with zero attached hydrogens (tertiary/aromatic N) is 2. The van der Waals surface area contributed by atoms with Gasteiger partial charge in [-0.15, -0.1) is 0 Å². The van der Waals surface area contributed by atoms with Crippen molar-refractivity contribution < 1.29 is 27.1 Å². The van der Waals surface area contributed by atoms with Gasteiger partial charge in [-0.2, -0.15) is 13.2 Å². The number of likely N-dealkylation sites (tertiary alicyclic amines) is 1. The number of H-pyrrole nitrogens is 1. The zero-order valence-electron chi connectivity index (χ0n) is 20.7. The molecular weight excluding hydrogens is 502 g/mol. The van der Waals surface area contributed by atoms with Crippen molar-refractivity contribution in [3.8, 4) is 0 Å². The fourth-order valence-electron chi connectivity index (χ4n) is 4.96. The zero-order chi connectivity index (χ0) is 26.9. The lowest BCUT2D eigenvalue weighted by atomic mass is 9.93. The lowest BCUT2D eigenvalue weighted by molar-refractivity contribution is -0.140. The number of aromatic nitrogens is 2. The maximum absolute atomic E-state index is 14.6. The molecule has 2 aliphatic heterocycles. The molecule has 0 spiro atoms. The van der Waals surface area contributed by atoms with E-state index in [0.29, 0.717) is 23.9 Å². The predicted octanol–water partition coefficient (Wildman–Crippen LogP) is 5.00. The Hall–Kier alpha value is -3.70.